The van der Waals surface area contributed by atoms with Gasteiger partial charge in [0.25, 0.3) is 0 Å². The molecule has 1 aliphatic heterocycles. The van der Waals surface area contributed by atoms with Crippen LogP contribution in [0.15, 0.2) is 18.2 Å². The molecule has 4 aliphatic rings. The van der Waals surface area contributed by atoms with Crippen LogP contribution in [-0.4, -0.2) is 82.8 Å². The summed E-state index contributed by atoms with van der Waals surface area (Å²) in [5.74, 6) is -8.32. The molecule has 3 fully saturated rings. The van der Waals surface area contributed by atoms with Crippen LogP contribution in [0.2, 0.25) is 0 Å². The average Bonchev–Trinajstić information content (AvgIpc) is 2.83. The van der Waals surface area contributed by atoms with Gasteiger partial charge in [-0.1, -0.05) is 25.1 Å². The van der Waals surface area contributed by atoms with Crippen LogP contribution < -0.4 is 5.73 Å². The third-order valence-corrected chi connectivity index (χ3v) is 9.22. The molecule has 1 amide bonds. The maximum atomic E-state index is 13.8. The molecule has 6 atom stereocenters. The minimum atomic E-state index is -2.61. The van der Waals surface area contributed by atoms with Crippen molar-refractivity contribution in [2.45, 2.75) is 50.8 Å². The topological polar surface area (TPSA) is 138 Å². The number of benzene rings is 1. The zero-order valence-electron chi connectivity index (χ0n) is 21.6. The second-order valence-corrected chi connectivity index (χ2v) is 11.7. The summed E-state index contributed by atoms with van der Waals surface area (Å²) in [6.45, 7) is 4.97. The number of primary amides is 1. The number of fused-ring (bicyclic) bond motifs is 3. The van der Waals surface area contributed by atoms with E-state index >= 15 is 0 Å². The highest BCUT2D eigenvalue weighted by atomic mass is 16.3. The monoisotopic (exact) mass is 509 g/mol. The summed E-state index contributed by atoms with van der Waals surface area (Å²) in [4.78, 5) is 70.1. The van der Waals surface area contributed by atoms with Gasteiger partial charge >= 0.3 is 0 Å². The second-order valence-electron chi connectivity index (χ2n) is 11.7. The number of likely N-dealkylation sites (N-methyl/N-ethyl adjacent to an activating group) is 1. The van der Waals surface area contributed by atoms with E-state index < -0.39 is 64.4 Å². The molecule has 3 N–H and O–H groups in total. The summed E-state index contributed by atoms with van der Waals surface area (Å²) in [6.07, 6.45) is 2.85. The second kappa shape index (κ2) is 9.22. The molecule has 37 heavy (non-hydrogen) atoms. The lowest BCUT2D eigenvalue weighted by molar-refractivity contribution is -0.181. The summed E-state index contributed by atoms with van der Waals surface area (Å²) < 4.78 is 0. The van der Waals surface area contributed by atoms with Gasteiger partial charge in [0.1, 0.15) is 0 Å². The molecule has 2 unspecified atom stereocenters. The number of ketones is 4. The smallest absolute Gasteiger partial charge is 0.235 e. The Morgan fingerprint density at radius 3 is 2.43 bits per heavy atom. The molecule has 0 bridgehead atoms. The van der Waals surface area contributed by atoms with Crippen molar-refractivity contribution in [2.24, 2.45) is 35.3 Å². The Hall–Kier alpha value is -2.75. The number of hydrogen-bond donors (Lipinski definition) is 2. The van der Waals surface area contributed by atoms with Crippen molar-refractivity contribution in [3.8, 4) is 0 Å². The fraction of sp³-hybridized carbons (Fsp3) is 0.607. The first-order valence-electron chi connectivity index (χ1n) is 13.1. The van der Waals surface area contributed by atoms with Crippen molar-refractivity contribution in [1.82, 2.24) is 9.80 Å². The number of piperidine rings is 1. The quantitative estimate of drug-likeness (QED) is 0.556. The van der Waals surface area contributed by atoms with E-state index in [1.165, 1.54) is 4.90 Å². The zero-order valence-corrected chi connectivity index (χ0v) is 21.6. The van der Waals surface area contributed by atoms with Gasteiger partial charge in [0, 0.05) is 18.0 Å². The van der Waals surface area contributed by atoms with Crippen LogP contribution in [0.3, 0.4) is 0 Å². The number of amides is 1. The lowest BCUT2D eigenvalue weighted by Crippen LogP contribution is -2.74. The molecule has 1 heterocycles. The number of likely N-dealkylation sites (tertiary alicyclic amines) is 1. The van der Waals surface area contributed by atoms with E-state index in [2.05, 4.69) is 11.8 Å². The fourth-order valence-electron chi connectivity index (χ4n) is 7.21. The molecule has 1 aromatic carbocycles. The summed E-state index contributed by atoms with van der Waals surface area (Å²) >= 11 is 0. The molecule has 9 heteroatoms. The molecular weight excluding hydrogens is 474 g/mol. The minimum Gasteiger partial charge on any atom is -0.374 e. The molecule has 0 aromatic heterocycles. The predicted octanol–water partition coefficient (Wildman–Crippen LogP) is 0.393. The molecule has 2 saturated carbocycles. The van der Waals surface area contributed by atoms with Gasteiger partial charge in [-0.3, -0.25) is 33.8 Å². The first kappa shape index (κ1) is 25.9. The zero-order chi connectivity index (χ0) is 26.8. The number of carbonyl (C=O) groups is 5. The van der Waals surface area contributed by atoms with Gasteiger partial charge in [-0.2, -0.15) is 0 Å². The highest BCUT2D eigenvalue weighted by Crippen LogP contribution is 2.50. The van der Waals surface area contributed by atoms with E-state index in [4.69, 9.17) is 5.73 Å². The van der Waals surface area contributed by atoms with Crippen LogP contribution in [0.1, 0.15) is 47.7 Å². The van der Waals surface area contributed by atoms with E-state index in [0.29, 0.717) is 17.9 Å². The van der Waals surface area contributed by atoms with Crippen LogP contribution in [0.25, 0.3) is 0 Å². The molecular formula is C28H35N3O6. The molecule has 1 aromatic rings. The van der Waals surface area contributed by atoms with Crippen molar-refractivity contribution in [2.75, 3.05) is 27.2 Å². The third-order valence-electron chi connectivity index (χ3n) is 9.22. The van der Waals surface area contributed by atoms with E-state index in [1.54, 1.807) is 20.2 Å². The third kappa shape index (κ3) is 3.90. The number of carbonyl (C=O) groups excluding carboxylic acids is 5. The summed E-state index contributed by atoms with van der Waals surface area (Å²) in [5, 5.41) is 11.6. The van der Waals surface area contributed by atoms with Gasteiger partial charge in [0.2, 0.25) is 5.91 Å². The van der Waals surface area contributed by atoms with Crippen LogP contribution in [0.4, 0.5) is 0 Å². The number of aliphatic hydroxyl groups is 1. The van der Waals surface area contributed by atoms with Gasteiger partial charge in [0.15, 0.2) is 34.7 Å². The average molecular weight is 510 g/mol. The predicted molar refractivity (Wildman–Crippen MR) is 133 cm³/mol. The summed E-state index contributed by atoms with van der Waals surface area (Å²) in [7, 11) is 3.21. The van der Waals surface area contributed by atoms with Gasteiger partial charge < -0.3 is 10.8 Å². The van der Waals surface area contributed by atoms with Gasteiger partial charge in [-0.05, 0) is 75.8 Å². The number of nitrogens with zero attached hydrogens (tertiary/aromatic N) is 2. The SMILES string of the molecule is CC1CCN(Cc2cccc3c2C[C@H]2C[C@H]4[C@@H](N(C)C)C(=O)C(C(N)=O)C(=O)[C@@]4(O)C(=O)C2C3=O)CC1. The van der Waals surface area contributed by atoms with Gasteiger partial charge in [-0.15, -0.1) is 0 Å². The molecule has 0 spiro atoms. The van der Waals surface area contributed by atoms with Gasteiger partial charge in [-0.25, -0.2) is 0 Å². The van der Waals surface area contributed by atoms with Crippen molar-refractivity contribution < 1.29 is 29.1 Å². The normalized spacial score (nSPS) is 34.8. The van der Waals surface area contributed by atoms with Gasteiger partial charge in [0.05, 0.1) is 12.0 Å². The Balaban J connectivity index is 1.52. The van der Waals surface area contributed by atoms with E-state index in [1.807, 2.05) is 12.1 Å². The lowest BCUT2D eigenvalue weighted by atomic mass is 9.52. The Morgan fingerprint density at radius 1 is 1.14 bits per heavy atom. The van der Waals surface area contributed by atoms with Crippen LogP contribution in [-0.2, 0) is 32.1 Å². The molecule has 9 nitrogen and oxygen atoms in total. The number of Topliss-reactive ketones (excluding diaryl/α,β-unsaturated/α-hetero) is 4. The van der Waals surface area contributed by atoms with Crippen molar-refractivity contribution in [3.05, 3.63) is 34.9 Å². The molecule has 0 radical (unpaired) electrons. The largest absolute Gasteiger partial charge is 0.374 e. The Labute approximate surface area is 216 Å². The van der Waals surface area contributed by atoms with Crippen LogP contribution in [0.5, 0.6) is 0 Å². The molecule has 1 saturated heterocycles. The Morgan fingerprint density at radius 2 is 1.81 bits per heavy atom. The minimum absolute atomic E-state index is 0.138. The Bertz CT molecular complexity index is 1190. The van der Waals surface area contributed by atoms with Crippen LogP contribution >= 0.6 is 0 Å². The Kier molecular flexibility index (Phi) is 6.45. The van der Waals surface area contributed by atoms with Crippen LogP contribution in [0, 0.1) is 29.6 Å². The van der Waals surface area contributed by atoms with E-state index in [-0.39, 0.29) is 6.42 Å². The fourth-order valence-corrected chi connectivity index (χ4v) is 7.21. The molecule has 5 rings (SSSR count). The highest BCUT2D eigenvalue weighted by molar-refractivity contribution is 6.32. The lowest BCUT2D eigenvalue weighted by Gasteiger charge is -2.52. The maximum Gasteiger partial charge on any atom is 0.235 e. The van der Waals surface area contributed by atoms with Crippen molar-refractivity contribution in [1.29, 1.82) is 0 Å². The highest BCUT2D eigenvalue weighted by Gasteiger charge is 2.69. The first-order valence-corrected chi connectivity index (χ1v) is 13.1. The maximum absolute atomic E-state index is 13.8. The van der Waals surface area contributed by atoms with E-state index in [9.17, 15) is 29.1 Å². The van der Waals surface area contributed by atoms with Crippen molar-refractivity contribution in [3.63, 3.8) is 0 Å². The number of nitrogens with two attached hydrogens (primary N) is 1. The molecule has 3 aliphatic carbocycles. The van der Waals surface area contributed by atoms with Crippen molar-refractivity contribution >= 4 is 29.0 Å². The number of hydrogen-bond acceptors (Lipinski definition) is 8. The number of rotatable bonds is 4. The van der Waals surface area contributed by atoms with E-state index in [0.717, 1.165) is 43.6 Å². The first-order chi connectivity index (χ1) is 17.5. The summed E-state index contributed by atoms with van der Waals surface area (Å²) in [5.41, 5.74) is 5.18. The molecule has 198 valence electrons. The standard InChI is InChI=1S/C28H35N3O6/c1-14-7-9-31(10-8-14)13-15-5-4-6-17-18(15)11-16-12-19-22(30(2)3)24(33)21(27(29)36)26(35)28(19,37)25(34)20(16)23(17)32/h4-6,14,16,19-22,37H,7-13H2,1-3H3,(H2,29,36)/t16-,19-,20?,21?,22+,28-/m0/s1. The summed E-state index contributed by atoms with van der Waals surface area (Å²) in [6, 6.07) is 4.51.